The molecule has 2 unspecified atom stereocenters. The number of rotatable bonds is 52. The van der Waals surface area contributed by atoms with Crippen molar-refractivity contribution in [3.05, 3.63) is 24.3 Å². The molecule has 0 aliphatic heterocycles. The minimum absolute atomic E-state index is 0.000546. The fourth-order valence-corrected chi connectivity index (χ4v) is 8.63. The average Bonchev–Trinajstić information content (AvgIpc) is 3.28. The van der Waals surface area contributed by atoms with E-state index in [4.69, 9.17) is 4.74 Å². The maximum absolute atomic E-state index is 12.4. The van der Waals surface area contributed by atoms with Gasteiger partial charge in [-0.2, -0.15) is 0 Å². The molecule has 0 radical (unpaired) electrons. The van der Waals surface area contributed by atoms with Crippen LogP contribution in [0.15, 0.2) is 24.3 Å². The van der Waals surface area contributed by atoms with Crippen molar-refractivity contribution < 1.29 is 24.5 Å². The van der Waals surface area contributed by atoms with Crippen LogP contribution >= 0.6 is 0 Å². The number of unbranched alkanes of at least 4 members (excludes halogenated alkanes) is 37. The Morgan fingerprint density at radius 3 is 1.14 bits per heavy atom. The SMILES string of the molecule is CCCCCC/C=C\CCCCCCCC(=O)OCCCCCCCCCCCCC/C=C\CCCCCCCCCC(=O)NC(CO)C(O)CCCCCCCCCCCCC. The molecule has 0 aliphatic rings. The van der Waals surface area contributed by atoms with Crippen molar-refractivity contribution in [1.29, 1.82) is 0 Å². The minimum Gasteiger partial charge on any atom is -0.466 e. The van der Waals surface area contributed by atoms with Gasteiger partial charge >= 0.3 is 5.97 Å². The van der Waals surface area contributed by atoms with Gasteiger partial charge in [0.15, 0.2) is 0 Å². The van der Waals surface area contributed by atoms with E-state index < -0.39 is 12.1 Å². The molecule has 3 N–H and O–H groups in total. The van der Waals surface area contributed by atoms with E-state index in [1.54, 1.807) is 0 Å². The van der Waals surface area contributed by atoms with E-state index in [1.807, 2.05) is 0 Å². The van der Waals surface area contributed by atoms with Crippen molar-refractivity contribution in [2.24, 2.45) is 0 Å². The van der Waals surface area contributed by atoms with Crippen LogP contribution in [0.2, 0.25) is 0 Å². The zero-order valence-corrected chi connectivity index (χ0v) is 42.3. The van der Waals surface area contributed by atoms with Crippen molar-refractivity contribution in [1.82, 2.24) is 5.32 Å². The predicted molar refractivity (Wildman–Crippen MR) is 273 cm³/mol. The second-order valence-corrected chi connectivity index (χ2v) is 19.3. The molecule has 63 heavy (non-hydrogen) atoms. The highest BCUT2D eigenvalue weighted by molar-refractivity contribution is 5.76. The molecule has 0 aromatic rings. The first kappa shape index (κ1) is 61.3. The second kappa shape index (κ2) is 53.0. The number of nitrogens with one attached hydrogen (secondary N) is 1. The second-order valence-electron chi connectivity index (χ2n) is 19.3. The Morgan fingerprint density at radius 1 is 0.429 bits per heavy atom. The lowest BCUT2D eigenvalue weighted by molar-refractivity contribution is -0.143. The van der Waals surface area contributed by atoms with Gasteiger partial charge in [0.05, 0.1) is 25.4 Å². The normalized spacial score (nSPS) is 12.8. The highest BCUT2D eigenvalue weighted by Crippen LogP contribution is 2.16. The molecule has 0 bridgehead atoms. The largest absolute Gasteiger partial charge is 0.466 e. The zero-order chi connectivity index (χ0) is 45.8. The number of carbonyl (C=O) groups excluding carboxylic acids is 2. The van der Waals surface area contributed by atoms with E-state index in [0.717, 1.165) is 44.9 Å². The van der Waals surface area contributed by atoms with E-state index in [2.05, 4.69) is 43.5 Å². The van der Waals surface area contributed by atoms with Gasteiger partial charge in [0.25, 0.3) is 0 Å². The number of aliphatic hydroxyl groups excluding tert-OH is 2. The Labute approximate surface area is 392 Å². The molecule has 0 rings (SSSR count). The zero-order valence-electron chi connectivity index (χ0n) is 42.3. The van der Waals surface area contributed by atoms with Crippen molar-refractivity contribution in [3.63, 3.8) is 0 Å². The van der Waals surface area contributed by atoms with Gasteiger partial charge in [-0.15, -0.1) is 0 Å². The van der Waals surface area contributed by atoms with E-state index in [0.29, 0.717) is 25.9 Å². The lowest BCUT2D eigenvalue weighted by Crippen LogP contribution is -2.45. The number of hydrogen-bond donors (Lipinski definition) is 3. The topological polar surface area (TPSA) is 95.9 Å². The molecule has 0 fully saturated rings. The van der Waals surface area contributed by atoms with Gasteiger partial charge in [-0.3, -0.25) is 9.59 Å². The van der Waals surface area contributed by atoms with E-state index in [-0.39, 0.29) is 18.5 Å². The van der Waals surface area contributed by atoms with Crippen LogP contribution in [0, 0.1) is 0 Å². The fourth-order valence-electron chi connectivity index (χ4n) is 8.63. The van der Waals surface area contributed by atoms with Crippen molar-refractivity contribution >= 4 is 11.9 Å². The summed E-state index contributed by atoms with van der Waals surface area (Å²) in [6, 6.07) is -0.545. The first-order valence-corrected chi connectivity index (χ1v) is 28.1. The van der Waals surface area contributed by atoms with Gasteiger partial charge in [-0.25, -0.2) is 0 Å². The summed E-state index contributed by atoms with van der Waals surface area (Å²) in [5.41, 5.74) is 0. The molecule has 0 aliphatic carbocycles. The minimum atomic E-state index is -0.667. The summed E-state index contributed by atoms with van der Waals surface area (Å²) >= 11 is 0. The smallest absolute Gasteiger partial charge is 0.305 e. The number of amides is 1. The van der Waals surface area contributed by atoms with Crippen LogP contribution in [0.4, 0.5) is 0 Å². The van der Waals surface area contributed by atoms with Crippen LogP contribution in [-0.2, 0) is 14.3 Å². The van der Waals surface area contributed by atoms with Crippen molar-refractivity contribution in [2.45, 2.75) is 315 Å². The fraction of sp³-hybridized carbons (Fsp3) is 0.895. The number of aliphatic hydroxyl groups is 2. The lowest BCUT2D eigenvalue weighted by atomic mass is 10.0. The molecule has 0 saturated heterocycles. The monoisotopic (exact) mass is 888 g/mol. The quantitative estimate of drug-likeness (QED) is 0.0321. The average molecular weight is 889 g/mol. The molecule has 0 aromatic carbocycles. The maximum atomic E-state index is 12.4. The van der Waals surface area contributed by atoms with E-state index >= 15 is 0 Å². The molecule has 6 nitrogen and oxygen atoms in total. The summed E-state index contributed by atoms with van der Waals surface area (Å²) in [5.74, 6) is -0.0423. The first-order chi connectivity index (χ1) is 31.0. The molecule has 0 heterocycles. The van der Waals surface area contributed by atoms with Crippen LogP contribution in [0.3, 0.4) is 0 Å². The number of hydrogen-bond acceptors (Lipinski definition) is 5. The van der Waals surface area contributed by atoms with E-state index in [9.17, 15) is 19.8 Å². The molecule has 2 atom stereocenters. The van der Waals surface area contributed by atoms with Crippen LogP contribution < -0.4 is 5.32 Å². The number of allylic oxidation sites excluding steroid dienone is 4. The molecular weight excluding hydrogens is 779 g/mol. The van der Waals surface area contributed by atoms with Crippen LogP contribution in [0.1, 0.15) is 303 Å². The summed E-state index contributed by atoms with van der Waals surface area (Å²) in [6.07, 6.45) is 63.1. The van der Waals surface area contributed by atoms with Crippen molar-refractivity contribution in [2.75, 3.05) is 13.2 Å². The van der Waals surface area contributed by atoms with E-state index in [1.165, 1.54) is 225 Å². The molecule has 0 saturated carbocycles. The Morgan fingerprint density at radius 2 is 0.746 bits per heavy atom. The highest BCUT2D eigenvalue weighted by Gasteiger charge is 2.20. The highest BCUT2D eigenvalue weighted by atomic mass is 16.5. The van der Waals surface area contributed by atoms with Gasteiger partial charge in [-0.1, -0.05) is 237 Å². The third-order valence-corrected chi connectivity index (χ3v) is 13.0. The van der Waals surface area contributed by atoms with Crippen molar-refractivity contribution in [3.8, 4) is 0 Å². The molecule has 1 amide bonds. The van der Waals surface area contributed by atoms with Crippen LogP contribution in [0.25, 0.3) is 0 Å². The lowest BCUT2D eigenvalue weighted by Gasteiger charge is -2.22. The summed E-state index contributed by atoms with van der Waals surface area (Å²) in [6.45, 7) is 4.92. The molecule has 0 spiro atoms. The summed E-state index contributed by atoms with van der Waals surface area (Å²) < 4.78 is 5.46. The van der Waals surface area contributed by atoms with Gasteiger partial charge in [0.2, 0.25) is 5.91 Å². The third kappa shape index (κ3) is 49.6. The summed E-state index contributed by atoms with van der Waals surface area (Å²) in [7, 11) is 0. The Kier molecular flexibility index (Phi) is 51.6. The number of esters is 1. The Hall–Kier alpha value is -1.66. The molecular formula is C57H109NO5. The van der Waals surface area contributed by atoms with Gasteiger partial charge in [-0.05, 0) is 77.0 Å². The maximum Gasteiger partial charge on any atom is 0.305 e. The molecule has 372 valence electrons. The molecule has 6 heteroatoms. The van der Waals surface area contributed by atoms with Crippen LogP contribution in [0.5, 0.6) is 0 Å². The van der Waals surface area contributed by atoms with Gasteiger partial charge in [0, 0.05) is 12.8 Å². The van der Waals surface area contributed by atoms with Gasteiger partial charge < -0.3 is 20.3 Å². The first-order valence-electron chi connectivity index (χ1n) is 28.1. The van der Waals surface area contributed by atoms with Crippen LogP contribution in [-0.4, -0.2) is 47.4 Å². The summed E-state index contributed by atoms with van der Waals surface area (Å²) in [4.78, 5) is 24.4. The van der Waals surface area contributed by atoms with Gasteiger partial charge in [0.1, 0.15) is 0 Å². The third-order valence-electron chi connectivity index (χ3n) is 13.0. The standard InChI is InChI=1S/C57H109NO5/c1-3-5-7-9-11-13-15-26-31-35-39-43-47-51-57(62)63-52-48-44-40-36-32-28-25-23-21-19-17-16-18-20-22-24-27-30-34-38-42-46-50-56(61)58-54(53-59)55(60)49-45-41-37-33-29-14-12-10-8-6-4-2/h13,15,18,20,54-55,59-60H,3-12,14,16-17,19,21-53H2,1-2H3,(H,58,61)/b15-13-,20-18-. The number of carbonyl (C=O) groups is 2. The number of ether oxygens (including phenoxy) is 1. The molecule has 0 aromatic heterocycles. The Balaban J connectivity index is 3.40. The summed E-state index contributed by atoms with van der Waals surface area (Å²) in [5, 5.41) is 23.2. The predicted octanol–water partition coefficient (Wildman–Crippen LogP) is 17.1. The Bertz CT molecular complexity index is 982.